The van der Waals surface area contributed by atoms with Crippen LogP contribution in [0.4, 0.5) is 24.8 Å². The van der Waals surface area contributed by atoms with Gasteiger partial charge >= 0.3 is 11.4 Å². The third kappa shape index (κ3) is 5.02. The third-order valence-electron chi connectivity index (χ3n) is 5.98. The van der Waals surface area contributed by atoms with E-state index in [9.17, 15) is 22.8 Å². The zero-order valence-corrected chi connectivity index (χ0v) is 21.6. The summed E-state index contributed by atoms with van der Waals surface area (Å²) in [6.45, 7) is 2.88. The van der Waals surface area contributed by atoms with Gasteiger partial charge < -0.3 is 5.32 Å². The summed E-state index contributed by atoms with van der Waals surface area (Å²) in [5.41, 5.74) is -0.816. The van der Waals surface area contributed by atoms with Crippen LogP contribution in [0.2, 0.25) is 5.02 Å². The monoisotopic (exact) mass is 559 g/mol. The summed E-state index contributed by atoms with van der Waals surface area (Å²) >= 11 is 6.41. The van der Waals surface area contributed by atoms with Gasteiger partial charge in [0.15, 0.2) is 11.6 Å². The van der Waals surface area contributed by atoms with Gasteiger partial charge in [0.05, 0.1) is 41.2 Å². The number of fused-ring (bicyclic) bond motifs is 1. The Morgan fingerprint density at radius 2 is 1.74 bits per heavy atom. The SMILES string of the molecule is CC(C)n1nncc1Cn1c(=O)nc(Nc2cc3cn(C)nc3cc2Cl)n(Cc2cc(F)c(F)cc2F)c1=O. The number of hydrogen-bond acceptors (Lipinski definition) is 7. The summed E-state index contributed by atoms with van der Waals surface area (Å²) in [5.74, 6) is -4.05. The lowest BCUT2D eigenvalue weighted by Gasteiger charge is -2.17. The summed E-state index contributed by atoms with van der Waals surface area (Å²) in [6, 6.07) is 4.13. The maximum atomic E-state index is 14.6. The van der Waals surface area contributed by atoms with Crippen LogP contribution >= 0.6 is 11.6 Å². The number of aromatic nitrogens is 8. The smallest absolute Gasteiger partial charge is 0.324 e. The number of halogens is 4. The average molecular weight is 560 g/mol. The Balaban J connectivity index is 1.65. The molecule has 0 saturated heterocycles. The minimum atomic E-state index is -1.38. The molecule has 2 aromatic carbocycles. The Morgan fingerprint density at radius 3 is 2.49 bits per heavy atom. The molecule has 0 amide bonds. The summed E-state index contributed by atoms with van der Waals surface area (Å²) in [6.07, 6.45) is 3.14. The minimum absolute atomic E-state index is 0.116. The summed E-state index contributed by atoms with van der Waals surface area (Å²) in [4.78, 5) is 30.7. The average Bonchev–Trinajstić information content (AvgIpc) is 3.47. The first-order valence-electron chi connectivity index (χ1n) is 11.7. The molecule has 15 heteroatoms. The van der Waals surface area contributed by atoms with Crippen molar-refractivity contribution < 1.29 is 13.2 Å². The van der Waals surface area contributed by atoms with Crippen molar-refractivity contribution >= 4 is 34.1 Å². The van der Waals surface area contributed by atoms with Gasteiger partial charge in [-0.2, -0.15) is 10.1 Å². The predicted octanol–water partition coefficient (Wildman–Crippen LogP) is 3.38. The van der Waals surface area contributed by atoms with E-state index in [2.05, 4.69) is 25.7 Å². The van der Waals surface area contributed by atoms with E-state index in [1.807, 2.05) is 13.8 Å². The van der Waals surface area contributed by atoms with Crippen molar-refractivity contribution in [1.29, 1.82) is 0 Å². The van der Waals surface area contributed by atoms with Crippen LogP contribution in [-0.4, -0.2) is 38.9 Å². The summed E-state index contributed by atoms with van der Waals surface area (Å²) in [7, 11) is 1.73. The van der Waals surface area contributed by atoms with Crippen molar-refractivity contribution in [2.75, 3.05) is 5.32 Å². The molecule has 0 unspecified atom stereocenters. The number of rotatable bonds is 7. The summed E-state index contributed by atoms with van der Waals surface area (Å²) < 4.78 is 47.0. The second kappa shape index (κ2) is 10.0. The van der Waals surface area contributed by atoms with E-state index in [1.54, 1.807) is 30.1 Å². The predicted molar refractivity (Wildman–Crippen MR) is 137 cm³/mol. The highest BCUT2D eigenvalue weighted by Crippen LogP contribution is 2.29. The quantitative estimate of drug-likeness (QED) is 0.304. The Labute approximate surface area is 223 Å². The second-order valence-electron chi connectivity index (χ2n) is 9.11. The molecule has 0 bridgehead atoms. The highest BCUT2D eigenvalue weighted by atomic mass is 35.5. The number of nitrogens with zero attached hydrogens (tertiary/aromatic N) is 8. The van der Waals surface area contributed by atoms with Gasteiger partial charge in [0.1, 0.15) is 5.82 Å². The topological polar surface area (TPSA) is 117 Å². The van der Waals surface area contributed by atoms with E-state index in [-0.39, 0.29) is 34.8 Å². The molecule has 0 atom stereocenters. The van der Waals surface area contributed by atoms with Crippen LogP contribution in [0.1, 0.15) is 31.1 Å². The molecule has 3 heterocycles. The van der Waals surface area contributed by atoms with E-state index < -0.39 is 35.4 Å². The molecule has 0 aliphatic rings. The molecule has 1 N–H and O–H groups in total. The number of nitrogens with one attached hydrogen (secondary N) is 1. The molecular formula is C24H21ClF3N9O2. The largest absolute Gasteiger partial charge is 0.355 e. The molecule has 0 saturated carbocycles. The Bertz CT molecular complexity index is 1840. The normalized spacial score (nSPS) is 11.6. The zero-order valence-electron chi connectivity index (χ0n) is 20.9. The van der Waals surface area contributed by atoms with Crippen molar-refractivity contribution in [3.8, 4) is 0 Å². The maximum Gasteiger partial charge on any atom is 0.355 e. The van der Waals surface area contributed by atoms with Crippen molar-refractivity contribution in [2.24, 2.45) is 7.05 Å². The number of anilines is 2. The first kappa shape index (κ1) is 26.2. The Morgan fingerprint density at radius 1 is 1.00 bits per heavy atom. The molecule has 0 radical (unpaired) electrons. The highest BCUT2D eigenvalue weighted by molar-refractivity contribution is 6.34. The van der Waals surface area contributed by atoms with E-state index >= 15 is 0 Å². The van der Waals surface area contributed by atoms with Crippen LogP contribution in [0, 0.1) is 17.5 Å². The zero-order chi connectivity index (χ0) is 28.0. The second-order valence-corrected chi connectivity index (χ2v) is 9.52. The van der Waals surface area contributed by atoms with Gasteiger partial charge in [-0.1, -0.05) is 16.8 Å². The van der Waals surface area contributed by atoms with Crippen LogP contribution in [0.3, 0.4) is 0 Å². The fourth-order valence-corrected chi connectivity index (χ4v) is 4.32. The first-order valence-corrected chi connectivity index (χ1v) is 12.0. The van der Waals surface area contributed by atoms with E-state index in [0.717, 1.165) is 9.13 Å². The lowest BCUT2D eigenvalue weighted by Crippen LogP contribution is -2.43. The van der Waals surface area contributed by atoms with Crippen LogP contribution in [0.15, 0.2) is 46.2 Å². The molecule has 5 rings (SSSR count). The van der Waals surface area contributed by atoms with Gasteiger partial charge in [-0.3, -0.25) is 9.25 Å². The molecular weight excluding hydrogens is 539 g/mol. The number of hydrogen-bond donors (Lipinski definition) is 1. The van der Waals surface area contributed by atoms with Crippen LogP contribution in [0.5, 0.6) is 0 Å². The standard InChI is InChI=1S/C24H21ClF3N9O2/c1-12(2)37-15(8-29-33-37)11-36-23(38)31-22(30-21-5-14-9-34(3)32-20(14)6-16(21)25)35(24(36)39)10-13-4-18(27)19(28)7-17(13)26/h4-9,12H,10-11H2,1-3H3,(H,30,31,38). The van der Waals surface area contributed by atoms with E-state index in [4.69, 9.17) is 11.6 Å². The van der Waals surface area contributed by atoms with Crippen molar-refractivity contribution in [2.45, 2.75) is 33.0 Å². The molecule has 0 aliphatic carbocycles. The van der Waals surface area contributed by atoms with Crippen molar-refractivity contribution in [1.82, 2.24) is 38.9 Å². The van der Waals surface area contributed by atoms with Crippen LogP contribution in [-0.2, 0) is 20.1 Å². The fourth-order valence-electron chi connectivity index (χ4n) is 4.12. The van der Waals surface area contributed by atoms with Gasteiger partial charge in [-0.05, 0) is 32.0 Å². The molecule has 202 valence electrons. The third-order valence-corrected chi connectivity index (χ3v) is 6.29. The first-order chi connectivity index (χ1) is 18.5. The van der Waals surface area contributed by atoms with Crippen LogP contribution in [0.25, 0.3) is 10.9 Å². The molecule has 0 fully saturated rings. The molecule has 0 aliphatic heterocycles. The maximum absolute atomic E-state index is 14.6. The van der Waals surface area contributed by atoms with Gasteiger partial charge in [0.2, 0.25) is 5.95 Å². The lowest BCUT2D eigenvalue weighted by atomic mass is 10.2. The van der Waals surface area contributed by atoms with Gasteiger partial charge in [-0.15, -0.1) is 5.10 Å². The fraction of sp³-hybridized carbons (Fsp3) is 0.250. The molecule has 0 spiro atoms. The van der Waals surface area contributed by atoms with Gasteiger partial charge in [0.25, 0.3) is 0 Å². The van der Waals surface area contributed by atoms with Gasteiger partial charge in [0, 0.05) is 36.3 Å². The van der Waals surface area contributed by atoms with Gasteiger partial charge in [-0.25, -0.2) is 32.0 Å². The summed E-state index contributed by atoms with van der Waals surface area (Å²) in [5, 5.41) is 15.8. The molecule has 5 aromatic rings. The Kier molecular flexibility index (Phi) is 6.72. The van der Waals surface area contributed by atoms with E-state index in [0.29, 0.717) is 28.7 Å². The van der Waals surface area contributed by atoms with Crippen LogP contribution < -0.4 is 16.7 Å². The van der Waals surface area contributed by atoms with Crippen molar-refractivity contribution in [3.63, 3.8) is 0 Å². The van der Waals surface area contributed by atoms with Crippen molar-refractivity contribution in [3.05, 3.63) is 91.4 Å². The van der Waals surface area contributed by atoms with E-state index in [1.165, 1.54) is 10.9 Å². The number of aryl methyl sites for hydroxylation is 1. The Hall–Kier alpha value is -4.46. The highest BCUT2D eigenvalue weighted by Gasteiger charge is 2.20. The lowest BCUT2D eigenvalue weighted by molar-refractivity contribution is 0.473. The minimum Gasteiger partial charge on any atom is -0.324 e. The number of benzene rings is 2. The molecule has 11 nitrogen and oxygen atoms in total. The molecule has 3 aromatic heterocycles. The molecule has 39 heavy (non-hydrogen) atoms.